The lowest BCUT2D eigenvalue weighted by Gasteiger charge is -2.35. The van der Waals surface area contributed by atoms with Gasteiger partial charge in [0.2, 0.25) is 5.95 Å². The molecule has 0 bridgehead atoms. The molecule has 33 heavy (non-hydrogen) atoms. The van der Waals surface area contributed by atoms with Gasteiger partial charge in [0.25, 0.3) is 5.91 Å². The predicted octanol–water partition coefficient (Wildman–Crippen LogP) is 3.07. The first-order valence-electron chi connectivity index (χ1n) is 11.1. The third-order valence-corrected chi connectivity index (χ3v) is 7.66. The Bertz CT molecular complexity index is 1160. The van der Waals surface area contributed by atoms with Gasteiger partial charge < -0.3 is 15.0 Å². The molecule has 0 aromatic carbocycles. The van der Waals surface area contributed by atoms with E-state index in [0.717, 1.165) is 59.4 Å². The number of nitrogens with one attached hydrogen (secondary N) is 1. The monoisotopic (exact) mass is 465 g/mol. The number of aromatic nitrogens is 4. The zero-order chi connectivity index (χ0) is 23.0. The van der Waals surface area contributed by atoms with E-state index in [9.17, 15) is 4.79 Å². The van der Waals surface area contributed by atoms with E-state index in [0.29, 0.717) is 18.3 Å². The van der Waals surface area contributed by atoms with Crippen LogP contribution in [0.1, 0.15) is 34.6 Å². The second-order valence-electron chi connectivity index (χ2n) is 8.77. The third-order valence-electron chi connectivity index (χ3n) is 6.21. The van der Waals surface area contributed by atoms with E-state index in [1.165, 1.54) is 6.33 Å². The average molecular weight is 466 g/mol. The summed E-state index contributed by atoms with van der Waals surface area (Å²) in [6.07, 6.45) is 4.92. The zero-order valence-electron chi connectivity index (χ0n) is 19.0. The molecule has 2 aliphatic heterocycles. The molecule has 0 aliphatic carbocycles. The molecule has 0 unspecified atom stereocenters. The van der Waals surface area contributed by atoms with E-state index < -0.39 is 0 Å². The molecule has 3 aromatic rings. The Kier molecular flexibility index (Phi) is 5.81. The summed E-state index contributed by atoms with van der Waals surface area (Å²) in [5.74, 6) is 1.18. The summed E-state index contributed by atoms with van der Waals surface area (Å²) in [7, 11) is 0. The van der Waals surface area contributed by atoms with E-state index in [1.54, 1.807) is 29.8 Å². The van der Waals surface area contributed by atoms with Crippen LogP contribution < -0.4 is 5.32 Å². The van der Waals surface area contributed by atoms with Gasteiger partial charge in [0.15, 0.2) is 0 Å². The fourth-order valence-electron chi connectivity index (χ4n) is 4.32. The second kappa shape index (κ2) is 8.77. The summed E-state index contributed by atoms with van der Waals surface area (Å²) >= 11 is 1.64. The number of amides is 1. The molecular weight excluding hydrogens is 438 g/mol. The lowest BCUT2D eigenvalue weighted by molar-refractivity contribution is 0.0263. The van der Waals surface area contributed by atoms with Crippen molar-refractivity contribution in [2.45, 2.75) is 26.3 Å². The molecule has 1 saturated heterocycles. The zero-order valence-corrected chi connectivity index (χ0v) is 19.9. The highest BCUT2D eigenvalue weighted by Crippen LogP contribution is 2.46. The lowest BCUT2D eigenvalue weighted by atomic mass is 10.0. The van der Waals surface area contributed by atoms with E-state index in [1.807, 2.05) is 17.9 Å². The minimum Gasteiger partial charge on any atom is -0.379 e. The standard InChI is InChI=1S/C23H27N7O2S/c1-15-13-25-22(27-18-4-5-24-14-26-18)28-19(15)17-12-16-20(33-17)23(2,3)30(21(16)31)7-6-29-8-10-32-11-9-29/h4-5,12-14H,6-11H2,1-3H3,(H,24,25,26,27,28). The molecule has 0 radical (unpaired) electrons. The fourth-order valence-corrected chi connectivity index (χ4v) is 5.64. The van der Waals surface area contributed by atoms with Crippen molar-refractivity contribution in [1.82, 2.24) is 29.7 Å². The Balaban J connectivity index is 1.38. The molecule has 172 valence electrons. The Morgan fingerprint density at radius 2 is 2.03 bits per heavy atom. The summed E-state index contributed by atoms with van der Waals surface area (Å²) in [6.45, 7) is 11.2. The molecule has 5 heterocycles. The van der Waals surface area contributed by atoms with Gasteiger partial charge in [-0.05, 0) is 38.5 Å². The molecule has 1 fully saturated rings. The van der Waals surface area contributed by atoms with Crippen LogP contribution in [0, 0.1) is 6.92 Å². The summed E-state index contributed by atoms with van der Waals surface area (Å²) in [4.78, 5) is 37.0. The summed E-state index contributed by atoms with van der Waals surface area (Å²) in [5.41, 5.74) is 2.21. The third kappa shape index (κ3) is 4.21. The topological polar surface area (TPSA) is 96.4 Å². The van der Waals surface area contributed by atoms with Crippen molar-refractivity contribution in [3.63, 3.8) is 0 Å². The van der Waals surface area contributed by atoms with Crippen LogP contribution in [0.2, 0.25) is 0 Å². The summed E-state index contributed by atoms with van der Waals surface area (Å²) < 4.78 is 5.44. The number of ether oxygens (including phenoxy) is 1. The number of morpholine rings is 1. The van der Waals surface area contributed by atoms with Crippen LogP contribution >= 0.6 is 11.3 Å². The molecule has 0 saturated carbocycles. The van der Waals surface area contributed by atoms with Crippen molar-refractivity contribution >= 4 is 29.0 Å². The van der Waals surface area contributed by atoms with Gasteiger partial charge >= 0.3 is 0 Å². The minimum absolute atomic E-state index is 0.0943. The first-order valence-corrected chi connectivity index (χ1v) is 11.9. The summed E-state index contributed by atoms with van der Waals surface area (Å²) in [6, 6.07) is 3.75. The number of rotatable bonds is 6. The highest BCUT2D eigenvalue weighted by Gasteiger charge is 2.45. The highest BCUT2D eigenvalue weighted by atomic mass is 32.1. The average Bonchev–Trinajstić information content (AvgIpc) is 3.34. The number of carbonyl (C=O) groups excluding carboxylic acids is 1. The largest absolute Gasteiger partial charge is 0.379 e. The fraction of sp³-hybridized carbons (Fsp3) is 0.435. The maximum atomic E-state index is 13.4. The van der Waals surface area contributed by atoms with Crippen LogP contribution in [0.15, 0.2) is 30.9 Å². The lowest BCUT2D eigenvalue weighted by Crippen LogP contribution is -2.46. The van der Waals surface area contributed by atoms with Gasteiger partial charge in [-0.2, -0.15) is 0 Å². The van der Waals surface area contributed by atoms with Gasteiger partial charge in [0.05, 0.1) is 34.9 Å². The van der Waals surface area contributed by atoms with Crippen LogP contribution in [0.5, 0.6) is 0 Å². The van der Waals surface area contributed by atoms with E-state index in [4.69, 9.17) is 9.72 Å². The molecule has 3 aromatic heterocycles. The minimum atomic E-state index is -0.357. The number of aryl methyl sites for hydroxylation is 1. The Hall–Kier alpha value is -2.95. The Morgan fingerprint density at radius 1 is 1.21 bits per heavy atom. The van der Waals surface area contributed by atoms with Crippen LogP contribution in [-0.4, -0.2) is 75.0 Å². The highest BCUT2D eigenvalue weighted by molar-refractivity contribution is 7.16. The van der Waals surface area contributed by atoms with Crippen LogP contribution in [0.4, 0.5) is 11.8 Å². The van der Waals surface area contributed by atoms with Crippen molar-refractivity contribution in [2.24, 2.45) is 0 Å². The number of carbonyl (C=O) groups is 1. The number of anilines is 2. The van der Waals surface area contributed by atoms with Crippen LogP contribution in [0.25, 0.3) is 10.6 Å². The number of hydrogen-bond acceptors (Lipinski definition) is 9. The number of hydrogen-bond donors (Lipinski definition) is 1. The number of thiophene rings is 1. The quantitative estimate of drug-likeness (QED) is 0.593. The van der Waals surface area contributed by atoms with Gasteiger partial charge in [-0.25, -0.2) is 19.9 Å². The smallest absolute Gasteiger partial charge is 0.255 e. The molecular formula is C23H27N7O2S. The molecule has 9 nitrogen and oxygen atoms in total. The van der Waals surface area contributed by atoms with Gasteiger partial charge in [0, 0.05) is 43.4 Å². The number of fused-ring (bicyclic) bond motifs is 1. The van der Waals surface area contributed by atoms with E-state index in [-0.39, 0.29) is 11.4 Å². The van der Waals surface area contributed by atoms with Crippen LogP contribution in [-0.2, 0) is 10.3 Å². The Labute approximate surface area is 196 Å². The first kappa shape index (κ1) is 21.9. The van der Waals surface area contributed by atoms with Gasteiger partial charge in [0.1, 0.15) is 12.1 Å². The second-order valence-corrected chi connectivity index (χ2v) is 9.82. The van der Waals surface area contributed by atoms with Gasteiger partial charge in [-0.3, -0.25) is 9.69 Å². The van der Waals surface area contributed by atoms with Crippen molar-refractivity contribution in [3.8, 4) is 10.6 Å². The number of nitrogens with zero attached hydrogens (tertiary/aromatic N) is 6. The van der Waals surface area contributed by atoms with Crippen LogP contribution in [0.3, 0.4) is 0 Å². The predicted molar refractivity (Wildman–Crippen MR) is 127 cm³/mol. The maximum Gasteiger partial charge on any atom is 0.255 e. The molecule has 0 atom stereocenters. The molecule has 1 N–H and O–H groups in total. The molecule has 10 heteroatoms. The van der Waals surface area contributed by atoms with E-state index >= 15 is 0 Å². The SMILES string of the molecule is Cc1cnc(Nc2ccncn2)nc1-c1cc2c(s1)C(C)(C)N(CCN1CCOCC1)C2=O. The van der Waals surface area contributed by atoms with Crippen molar-refractivity contribution in [2.75, 3.05) is 44.7 Å². The first-order chi connectivity index (χ1) is 15.9. The van der Waals surface area contributed by atoms with Gasteiger partial charge in [-0.1, -0.05) is 0 Å². The molecule has 0 spiro atoms. The van der Waals surface area contributed by atoms with Gasteiger partial charge in [-0.15, -0.1) is 11.3 Å². The Morgan fingerprint density at radius 3 is 2.76 bits per heavy atom. The summed E-state index contributed by atoms with van der Waals surface area (Å²) in [5, 5.41) is 3.11. The van der Waals surface area contributed by atoms with Crippen molar-refractivity contribution in [1.29, 1.82) is 0 Å². The van der Waals surface area contributed by atoms with E-state index in [2.05, 4.69) is 39.0 Å². The maximum absolute atomic E-state index is 13.4. The molecule has 2 aliphatic rings. The van der Waals surface area contributed by atoms with Crippen molar-refractivity contribution < 1.29 is 9.53 Å². The molecule has 5 rings (SSSR count). The van der Waals surface area contributed by atoms with Crippen molar-refractivity contribution in [3.05, 3.63) is 46.9 Å². The normalized spacial score (nSPS) is 17.9. The molecule has 1 amide bonds.